The fraction of sp³-hybridized carbons (Fsp3) is 0.522. The van der Waals surface area contributed by atoms with Crippen molar-refractivity contribution in [3.8, 4) is 0 Å². The molecule has 0 bridgehead atoms. The Labute approximate surface area is 165 Å². The number of pyridine rings is 1. The van der Waals surface area contributed by atoms with Gasteiger partial charge in [-0.1, -0.05) is 37.5 Å². The minimum atomic E-state index is -0.805. The Morgan fingerprint density at radius 3 is 2.64 bits per heavy atom. The number of aromatic nitrogens is 1. The molecule has 0 saturated heterocycles. The van der Waals surface area contributed by atoms with E-state index in [0.717, 1.165) is 73.5 Å². The highest BCUT2D eigenvalue weighted by Crippen LogP contribution is 2.30. The third-order valence-corrected chi connectivity index (χ3v) is 5.98. The largest absolute Gasteiger partial charge is 0.449 e. The number of carbonyl (C=O) groups is 2. The molecule has 0 radical (unpaired) electrons. The van der Waals surface area contributed by atoms with Crippen LogP contribution in [0.3, 0.4) is 0 Å². The number of hydrogen-bond donors (Lipinski definition) is 1. The molecule has 2 aliphatic carbocycles. The molecule has 1 aromatic carbocycles. The zero-order valence-corrected chi connectivity index (χ0v) is 16.5. The average Bonchev–Trinajstić information content (AvgIpc) is 2.72. The first-order valence-corrected chi connectivity index (χ1v) is 10.6. The van der Waals surface area contributed by atoms with Crippen LogP contribution in [0.2, 0.25) is 0 Å². The molecule has 1 heterocycles. The Morgan fingerprint density at radius 2 is 1.82 bits per heavy atom. The van der Waals surface area contributed by atoms with Crippen LogP contribution in [0.1, 0.15) is 73.5 Å². The van der Waals surface area contributed by atoms with E-state index in [1.807, 2.05) is 24.3 Å². The average molecular weight is 380 g/mol. The fourth-order valence-corrected chi connectivity index (χ4v) is 4.44. The highest BCUT2D eigenvalue weighted by Gasteiger charge is 2.27. The number of aryl methyl sites for hydroxylation is 1. The highest BCUT2D eigenvalue weighted by molar-refractivity contribution is 6.05. The van der Waals surface area contributed by atoms with Crippen LogP contribution in [-0.2, 0) is 22.4 Å². The van der Waals surface area contributed by atoms with Crippen molar-refractivity contribution in [2.24, 2.45) is 0 Å². The van der Waals surface area contributed by atoms with Gasteiger partial charge in [-0.05, 0) is 57.1 Å². The van der Waals surface area contributed by atoms with Gasteiger partial charge in [-0.3, -0.25) is 9.78 Å². The van der Waals surface area contributed by atoms with Crippen LogP contribution in [0, 0.1) is 0 Å². The first-order valence-electron chi connectivity index (χ1n) is 10.6. The molecule has 5 nitrogen and oxygen atoms in total. The standard InChI is InChI=1S/C23H28N2O3/c1-15(22(26)24-16-9-3-2-4-10-16)28-23(27)21-17-11-5-7-13-19(17)25-20-14-8-6-12-18(20)21/h5,7,11,13,15-16H,2-4,6,8-10,12,14H2,1H3,(H,24,26)/t15-/m1/s1. The van der Waals surface area contributed by atoms with E-state index in [9.17, 15) is 9.59 Å². The number of nitrogens with one attached hydrogen (secondary N) is 1. The maximum absolute atomic E-state index is 13.1. The molecule has 5 heteroatoms. The van der Waals surface area contributed by atoms with Crippen LogP contribution in [0.4, 0.5) is 0 Å². The van der Waals surface area contributed by atoms with Crippen molar-refractivity contribution in [1.29, 1.82) is 0 Å². The van der Waals surface area contributed by atoms with E-state index in [0.29, 0.717) is 5.56 Å². The van der Waals surface area contributed by atoms with Crippen molar-refractivity contribution >= 4 is 22.8 Å². The highest BCUT2D eigenvalue weighted by atomic mass is 16.5. The normalized spacial score (nSPS) is 18.3. The third-order valence-electron chi connectivity index (χ3n) is 5.98. The minimum Gasteiger partial charge on any atom is -0.449 e. The van der Waals surface area contributed by atoms with Gasteiger partial charge < -0.3 is 10.1 Å². The topological polar surface area (TPSA) is 68.3 Å². The predicted molar refractivity (Wildman–Crippen MR) is 108 cm³/mol. The van der Waals surface area contributed by atoms with Crippen molar-refractivity contribution in [3.05, 3.63) is 41.1 Å². The van der Waals surface area contributed by atoms with E-state index in [-0.39, 0.29) is 11.9 Å². The Bertz CT molecular complexity index is 887. The first-order chi connectivity index (χ1) is 13.6. The number of carbonyl (C=O) groups excluding carboxylic acids is 2. The maximum atomic E-state index is 13.1. The molecular formula is C23H28N2O3. The summed E-state index contributed by atoms with van der Waals surface area (Å²) in [4.78, 5) is 30.4. The second-order valence-electron chi connectivity index (χ2n) is 8.03. The van der Waals surface area contributed by atoms with Gasteiger partial charge in [0.2, 0.25) is 0 Å². The summed E-state index contributed by atoms with van der Waals surface area (Å²) in [5.74, 6) is -0.615. The molecule has 2 aromatic rings. The molecule has 4 rings (SSSR count). The summed E-state index contributed by atoms with van der Waals surface area (Å²) in [7, 11) is 0. The van der Waals surface area contributed by atoms with E-state index < -0.39 is 12.1 Å². The summed E-state index contributed by atoms with van der Waals surface area (Å²) in [6.07, 6.45) is 8.60. The lowest BCUT2D eigenvalue weighted by molar-refractivity contribution is -0.130. The van der Waals surface area contributed by atoms with E-state index >= 15 is 0 Å². The fourth-order valence-electron chi connectivity index (χ4n) is 4.44. The molecule has 0 unspecified atom stereocenters. The Kier molecular flexibility index (Phi) is 5.60. The van der Waals surface area contributed by atoms with E-state index in [1.165, 1.54) is 6.42 Å². The lowest BCUT2D eigenvalue weighted by Crippen LogP contribution is -2.42. The van der Waals surface area contributed by atoms with Gasteiger partial charge in [-0.2, -0.15) is 0 Å². The first kappa shape index (κ1) is 18.9. The van der Waals surface area contributed by atoms with Crippen LogP contribution >= 0.6 is 0 Å². The number of rotatable bonds is 4. The summed E-state index contributed by atoms with van der Waals surface area (Å²) in [5, 5.41) is 3.86. The van der Waals surface area contributed by atoms with Gasteiger partial charge in [0, 0.05) is 17.1 Å². The smallest absolute Gasteiger partial charge is 0.339 e. The van der Waals surface area contributed by atoms with Crippen LogP contribution < -0.4 is 5.32 Å². The number of fused-ring (bicyclic) bond motifs is 2. The van der Waals surface area contributed by atoms with Gasteiger partial charge in [0.15, 0.2) is 6.10 Å². The van der Waals surface area contributed by atoms with Crippen molar-refractivity contribution in [2.45, 2.75) is 76.9 Å². The zero-order chi connectivity index (χ0) is 19.5. The SMILES string of the molecule is C[C@@H](OC(=O)c1c2c(nc3ccccc13)CCCC2)C(=O)NC1CCCCC1. The van der Waals surface area contributed by atoms with Gasteiger partial charge >= 0.3 is 5.97 Å². The molecule has 28 heavy (non-hydrogen) atoms. The molecular weight excluding hydrogens is 352 g/mol. The molecule has 1 saturated carbocycles. The summed E-state index contributed by atoms with van der Waals surface area (Å²) >= 11 is 0. The molecule has 1 amide bonds. The Morgan fingerprint density at radius 1 is 1.07 bits per heavy atom. The molecule has 0 aliphatic heterocycles. The van der Waals surface area contributed by atoms with Crippen molar-refractivity contribution in [1.82, 2.24) is 10.3 Å². The maximum Gasteiger partial charge on any atom is 0.339 e. The van der Waals surface area contributed by atoms with Gasteiger partial charge in [0.1, 0.15) is 0 Å². The summed E-state index contributed by atoms with van der Waals surface area (Å²) < 4.78 is 5.64. The zero-order valence-electron chi connectivity index (χ0n) is 16.5. The number of hydrogen-bond acceptors (Lipinski definition) is 4. The quantitative estimate of drug-likeness (QED) is 0.811. The predicted octanol–water partition coefficient (Wildman–Crippen LogP) is 4.11. The van der Waals surface area contributed by atoms with Crippen LogP contribution in [-0.4, -0.2) is 29.0 Å². The van der Waals surface area contributed by atoms with Gasteiger partial charge in [-0.25, -0.2) is 4.79 Å². The van der Waals surface area contributed by atoms with E-state index in [4.69, 9.17) is 9.72 Å². The van der Waals surface area contributed by atoms with Gasteiger partial charge in [0.05, 0.1) is 11.1 Å². The van der Waals surface area contributed by atoms with Crippen LogP contribution in [0.25, 0.3) is 10.9 Å². The minimum absolute atomic E-state index is 0.201. The lowest BCUT2D eigenvalue weighted by Gasteiger charge is -2.25. The number of para-hydroxylation sites is 1. The molecule has 1 aromatic heterocycles. The van der Waals surface area contributed by atoms with Crippen molar-refractivity contribution < 1.29 is 14.3 Å². The molecule has 2 aliphatic rings. The molecule has 0 spiro atoms. The molecule has 1 atom stereocenters. The summed E-state index contributed by atoms with van der Waals surface area (Å²) in [5.41, 5.74) is 3.40. The van der Waals surface area contributed by atoms with Gasteiger partial charge in [0.25, 0.3) is 5.91 Å². The van der Waals surface area contributed by atoms with Gasteiger partial charge in [-0.15, -0.1) is 0 Å². The Hall–Kier alpha value is -2.43. The summed E-state index contributed by atoms with van der Waals surface area (Å²) in [6, 6.07) is 7.90. The van der Waals surface area contributed by atoms with E-state index in [2.05, 4.69) is 5.32 Å². The van der Waals surface area contributed by atoms with Crippen LogP contribution in [0.5, 0.6) is 0 Å². The third kappa shape index (κ3) is 3.89. The molecule has 1 fully saturated rings. The molecule has 148 valence electrons. The second-order valence-corrected chi connectivity index (χ2v) is 8.03. The number of ether oxygens (including phenoxy) is 1. The monoisotopic (exact) mass is 380 g/mol. The number of benzene rings is 1. The van der Waals surface area contributed by atoms with E-state index in [1.54, 1.807) is 6.92 Å². The van der Waals surface area contributed by atoms with Crippen molar-refractivity contribution in [2.75, 3.05) is 0 Å². The van der Waals surface area contributed by atoms with Crippen molar-refractivity contribution in [3.63, 3.8) is 0 Å². The lowest BCUT2D eigenvalue weighted by atomic mass is 9.90. The van der Waals surface area contributed by atoms with Crippen LogP contribution in [0.15, 0.2) is 24.3 Å². The number of nitrogens with zero attached hydrogens (tertiary/aromatic N) is 1. The summed E-state index contributed by atoms with van der Waals surface area (Å²) in [6.45, 7) is 1.66. The number of amides is 1. The molecule has 1 N–H and O–H groups in total. The second kappa shape index (κ2) is 8.29. The Balaban J connectivity index is 1.55. The number of esters is 1.